The maximum atomic E-state index is 12.4. The Bertz CT molecular complexity index is 780. The molecule has 0 aliphatic carbocycles. The molecule has 0 aliphatic rings. The van der Waals surface area contributed by atoms with Crippen LogP contribution in [-0.2, 0) is 4.79 Å². The Hall–Kier alpha value is -2.32. The fraction of sp³-hybridized carbons (Fsp3) is 0.278. The molecule has 0 saturated heterocycles. The van der Waals surface area contributed by atoms with Gasteiger partial charge in [0.15, 0.2) is 0 Å². The highest BCUT2D eigenvalue weighted by Gasteiger charge is 2.19. The Morgan fingerprint density at radius 3 is 2.70 bits per heavy atom. The summed E-state index contributed by atoms with van der Waals surface area (Å²) in [5.41, 5.74) is 4.13. The average molecular weight is 325 g/mol. The lowest BCUT2D eigenvalue weighted by Crippen LogP contribution is -2.22. The Morgan fingerprint density at radius 1 is 1.30 bits per heavy atom. The van der Waals surface area contributed by atoms with E-state index in [0.717, 1.165) is 22.5 Å². The second kappa shape index (κ2) is 7.30. The van der Waals surface area contributed by atoms with Crippen LogP contribution in [0.3, 0.4) is 0 Å². The van der Waals surface area contributed by atoms with Crippen LogP contribution in [0, 0.1) is 32.1 Å². The number of anilines is 1. The van der Waals surface area contributed by atoms with Gasteiger partial charge in [0, 0.05) is 11.4 Å². The van der Waals surface area contributed by atoms with Crippen molar-refractivity contribution < 1.29 is 4.79 Å². The summed E-state index contributed by atoms with van der Waals surface area (Å²) in [5, 5.41) is 12.5. The van der Waals surface area contributed by atoms with Crippen molar-refractivity contribution in [3.63, 3.8) is 0 Å². The molecule has 0 bridgehead atoms. The number of thioether (sulfide) groups is 1. The highest BCUT2D eigenvalue weighted by Crippen LogP contribution is 2.28. The zero-order valence-electron chi connectivity index (χ0n) is 13.7. The number of nitriles is 1. The molecule has 4 nitrogen and oxygen atoms in total. The van der Waals surface area contributed by atoms with E-state index in [-0.39, 0.29) is 11.2 Å². The molecule has 1 N–H and O–H groups in total. The van der Waals surface area contributed by atoms with E-state index in [4.69, 9.17) is 0 Å². The van der Waals surface area contributed by atoms with Crippen molar-refractivity contribution in [2.24, 2.45) is 0 Å². The molecular weight excluding hydrogens is 306 g/mol. The van der Waals surface area contributed by atoms with Crippen LogP contribution in [-0.4, -0.2) is 16.1 Å². The summed E-state index contributed by atoms with van der Waals surface area (Å²) in [5.74, 6) is -0.106. The first-order valence-corrected chi connectivity index (χ1v) is 8.21. The highest BCUT2D eigenvalue weighted by molar-refractivity contribution is 8.00. The Morgan fingerprint density at radius 2 is 2.04 bits per heavy atom. The van der Waals surface area contributed by atoms with Crippen molar-refractivity contribution in [3.05, 3.63) is 52.7 Å². The Balaban J connectivity index is 2.14. The first kappa shape index (κ1) is 17.0. The summed E-state index contributed by atoms with van der Waals surface area (Å²) in [6, 6.07) is 11.7. The van der Waals surface area contributed by atoms with Crippen molar-refractivity contribution in [2.45, 2.75) is 38.0 Å². The van der Waals surface area contributed by atoms with E-state index in [1.165, 1.54) is 11.8 Å². The van der Waals surface area contributed by atoms with Gasteiger partial charge in [-0.3, -0.25) is 4.79 Å². The lowest BCUT2D eigenvalue weighted by atomic mass is 10.1. The number of aromatic nitrogens is 1. The largest absolute Gasteiger partial charge is 0.325 e. The van der Waals surface area contributed by atoms with Crippen LogP contribution in [0.15, 0.2) is 35.4 Å². The molecule has 0 radical (unpaired) electrons. The van der Waals surface area contributed by atoms with Crippen LogP contribution in [0.5, 0.6) is 0 Å². The number of pyridine rings is 1. The van der Waals surface area contributed by atoms with Crippen LogP contribution in [0.4, 0.5) is 5.69 Å². The number of nitrogens with zero attached hydrogens (tertiary/aromatic N) is 2. The maximum absolute atomic E-state index is 12.4. The molecule has 1 atom stereocenters. The summed E-state index contributed by atoms with van der Waals surface area (Å²) in [4.78, 5) is 16.8. The predicted molar refractivity (Wildman–Crippen MR) is 93.6 cm³/mol. The molecule has 1 aromatic carbocycles. The lowest BCUT2D eigenvalue weighted by Gasteiger charge is -2.14. The van der Waals surface area contributed by atoms with E-state index >= 15 is 0 Å². The molecule has 2 rings (SSSR count). The van der Waals surface area contributed by atoms with E-state index in [1.54, 1.807) is 0 Å². The summed E-state index contributed by atoms with van der Waals surface area (Å²) in [6.07, 6.45) is 0. The van der Waals surface area contributed by atoms with Gasteiger partial charge in [0.2, 0.25) is 5.91 Å². The van der Waals surface area contributed by atoms with Crippen molar-refractivity contribution in [1.29, 1.82) is 5.26 Å². The first-order chi connectivity index (χ1) is 10.9. The molecule has 1 amide bonds. The van der Waals surface area contributed by atoms with Gasteiger partial charge in [0.05, 0.1) is 10.8 Å². The van der Waals surface area contributed by atoms with E-state index in [1.807, 2.05) is 58.0 Å². The smallest absolute Gasteiger partial charge is 0.237 e. The molecule has 2 aromatic rings. The van der Waals surface area contributed by atoms with Crippen molar-refractivity contribution in [3.8, 4) is 6.07 Å². The van der Waals surface area contributed by atoms with Crippen LogP contribution in [0.1, 0.15) is 29.3 Å². The summed E-state index contributed by atoms with van der Waals surface area (Å²) in [7, 11) is 0. The van der Waals surface area contributed by atoms with Gasteiger partial charge in [-0.25, -0.2) is 4.98 Å². The number of carbonyl (C=O) groups is 1. The number of hydrogen-bond acceptors (Lipinski definition) is 4. The van der Waals surface area contributed by atoms with Gasteiger partial charge in [-0.1, -0.05) is 23.9 Å². The fourth-order valence-electron chi connectivity index (χ4n) is 2.21. The number of rotatable bonds is 4. The Kier molecular flexibility index (Phi) is 5.41. The number of benzene rings is 1. The van der Waals surface area contributed by atoms with Crippen LogP contribution < -0.4 is 5.32 Å². The van der Waals surface area contributed by atoms with Gasteiger partial charge < -0.3 is 5.32 Å². The van der Waals surface area contributed by atoms with E-state index < -0.39 is 0 Å². The molecule has 5 heteroatoms. The minimum atomic E-state index is -0.351. The quantitative estimate of drug-likeness (QED) is 0.863. The number of amides is 1. The minimum Gasteiger partial charge on any atom is -0.325 e. The topological polar surface area (TPSA) is 65.8 Å². The van der Waals surface area contributed by atoms with Gasteiger partial charge in [-0.15, -0.1) is 0 Å². The standard InChI is InChI=1S/C18H19N3OS/c1-11-6-5-7-15(8-11)21-17(22)14(4)23-18-16(10-19)12(2)9-13(3)20-18/h5-9,14H,1-4H3,(H,21,22). The SMILES string of the molecule is Cc1cccc(NC(=O)C(C)Sc2nc(C)cc(C)c2C#N)c1. The molecule has 0 aliphatic heterocycles. The monoisotopic (exact) mass is 325 g/mol. The number of aryl methyl sites for hydroxylation is 3. The predicted octanol–water partition coefficient (Wildman–Crippen LogP) is 4.00. The van der Waals surface area contributed by atoms with E-state index in [2.05, 4.69) is 16.4 Å². The minimum absolute atomic E-state index is 0.106. The van der Waals surface area contributed by atoms with Crippen molar-refractivity contribution >= 4 is 23.4 Å². The maximum Gasteiger partial charge on any atom is 0.237 e. The normalized spacial score (nSPS) is 11.6. The van der Waals surface area contributed by atoms with Gasteiger partial charge in [-0.2, -0.15) is 5.26 Å². The molecule has 23 heavy (non-hydrogen) atoms. The van der Waals surface area contributed by atoms with Crippen LogP contribution >= 0.6 is 11.8 Å². The van der Waals surface area contributed by atoms with Crippen LogP contribution in [0.25, 0.3) is 0 Å². The molecule has 1 heterocycles. The fourth-order valence-corrected chi connectivity index (χ4v) is 3.23. The van der Waals surface area contributed by atoms with Crippen LogP contribution in [0.2, 0.25) is 0 Å². The average Bonchev–Trinajstić information content (AvgIpc) is 2.46. The molecular formula is C18H19N3OS. The zero-order chi connectivity index (χ0) is 17.0. The van der Waals surface area contributed by atoms with E-state index in [0.29, 0.717) is 10.6 Å². The molecule has 1 aromatic heterocycles. The highest BCUT2D eigenvalue weighted by atomic mass is 32.2. The second-order valence-electron chi connectivity index (χ2n) is 5.49. The van der Waals surface area contributed by atoms with Gasteiger partial charge in [0.25, 0.3) is 0 Å². The number of hydrogen-bond donors (Lipinski definition) is 1. The lowest BCUT2D eigenvalue weighted by molar-refractivity contribution is -0.115. The van der Waals surface area contributed by atoms with Crippen molar-refractivity contribution in [2.75, 3.05) is 5.32 Å². The zero-order valence-corrected chi connectivity index (χ0v) is 14.5. The molecule has 0 fully saturated rings. The molecule has 118 valence electrons. The summed E-state index contributed by atoms with van der Waals surface area (Å²) in [6.45, 7) is 7.56. The molecule has 1 unspecified atom stereocenters. The van der Waals surface area contributed by atoms with Crippen molar-refractivity contribution in [1.82, 2.24) is 4.98 Å². The Labute approximate surface area is 140 Å². The van der Waals surface area contributed by atoms with Gasteiger partial charge in [0.1, 0.15) is 11.1 Å². The third kappa shape index (κ3) is 4.33. The third-order valence-electron chi connectivity index (χ3n) is 3.37. The second-order valence-corrected chi connectivity index (χ2v) is 6.82. The number of carbonyl (C=O) groups excluding carboxylic acids is 1. The number of nitrogens with one attached hydrogen (secondary N) is 1. The summed E-state index contributed by atoms with van der Waals surface area (Å²) >= 11 is 1.31. The summed E-state index contributed by atoms with van der Waals surface area (Å²) < 4.78 is 0. The van der Waals surface area contributed by atoms with Gasteiger partial charge >= 0.3 is 0 Å². The first-order valence-electron chi connectivity index (χ1n) is 7.33. The van der Waals surface area contributed by atoms with E-state index in [9.17, 15) is 10.1 Å². The third-order valence-corrected chi connectivity index (χ3v) is 4.45. The molecule has 0 saturated carbocycles. The molecule has 0 spiro atoms. The van der Waals surface area contributed by atoms with Gasteiger partial charge in [-0.05, 0) is 57.0 Å².